The van der Waals surface area contributed by atoms with Crippen LogP contribution in [0.4, 0.5) is 5.82 Å². The third kappa shape index (κ3) is 1.40. The second-order valence-corrected chi connectivity index (χ2v) is 3.02. The number of nitrogens with one attached hydrogen (secondary N) is 1. The maximum Gasteiger partial charge on any atom is 0.179 e. The number of aromatic nitrogens is 3. The predicted octanol–water partition coefficient (Wildman–Crippen LogP) is -0.468. The zero-order valence-corrected chi connectivity index (χ0v) is 7.44. The average molecular weight is 193 g/mol. The Hall–Kier alpha value is -1.66. The molecule has 74 valence electrons. The van der Waals surface area contributed by atoms with Crippen LogP contribution in [0.1, 0.15) is 11.9 Å². The Balaban J connectivity index is 2.51. The third-order valence-corrected chi connectivity index (χ3v) is 1.93. The van der Waals surface area contributed by atoms with E-state index in [1.807, 2.05) is 0 Å². The molecule has 6 N–H and O–H groups in total. The normalized spacial score (nSPS) is 13.3. The van der Waals surface area contributed by atoms with Gasteiger partial charge in [-0.1, -0.05) is 0 Å². The highest BCUT2D eigenvalue weighted by Gasteiger charge is 2.10. The zero-order valence-electron chi connectivity index (χ0n) is 7.44. The Morgan fingerprint density at radius 1 is 1.43 bits per heavy atom. The van der Waals surface area contributed by atoms with Crippen LogP contribution < -0.4 is 11.5 Å². The number of hydrogen-bond acceptors (Lipinski definition) is 5. The minimum atomic E-state index is -0.509. The molecule has 0 bridgehead atoms. The number of aromatic amines is 1. The van der Waals surface area contributed by atoms with E-state index in [9.17, 15) is 0 Å². The van der Waals surface area contributed by atoms with Crippen LogP contribution in [0.2, 0.25) is 0 Å². The Labute approximate surface area is 80.0 Å². The number of nitrogen functional groups attached to an aromatic ring is 1. The Morgan fingerprint density at radius 2 is 2.21 bits per heavy atom. The van der Waals surface area contributed by atoms with Crippen molar-refractivity contribution in [1.29, 1.82) is 0 Å². The van der Waals surface area contributed by atoms with E-state index in [4.69, 9.17) is 16.6 Å². The number of anilines is 1. The Kier molecular flexibility index (Phi) is 2.06. The number of pyridine rings is 1. The zero-order chi connectivity index (χ0) is 10.1. The van der Waals surface area contributed by atoms with Crippen LogP contribution in [0, 0.1) is 0 Å². The summed E-state index contributed by atoms with van der Waals surface area (Å²) in [6.45, 7) is -0.157. The van der Waals surface area contributed by atoms with E-state index < -0.39 is 6.04 Å². The highest BCUT2D eigenvalue weighted by molar-refractivity contribution is 5.72. The van der Waals surface area contributed by atoms with Crippen LogP contribution in [0.15, 0.2) is 12.1 Å². The van der Waals surface area contributed by atoms with Crippen LogP contribution in [0.3, 0.4) is 0 Å². The first-order valence-electron chi connectivity index (χ1n) is 4.19. The number of aliphatic hydroxyl groups is 1. The molecule has 2 heterocycles. The summed E-state index contributed by atoms with van der Waals surface area (Å²) in [4.78, 5) is 11.1. The first-order chi connectivity index (χ1) is 6.70. The van der Waals surface area contributed by atoms with Gasteiger partial charge in [-0.05, 0) is 12.1 Å². The van der Waals surface area contributed by atoms with Crippen LogP contribution in [-0.4, -0.2) is 26.7 Å². The van der Waals surface area contributed by atoms with Gasteiger partial charge >= 0.3 is 0 Å². The molecule has 0 saturated heterocycles. The fourth-order valence-corrected chi connectivity index (χ4v) is 1.19. The van der Waals surface area contributed by atoms with Crippen LogP contribution >= 0.6 is 0 Å². The van der Waals surface area contributed by atoms with Crippen LogP contribution in [0.25, 0.3) is 11.2 Å². The fourth-order valence-electron chi connectivity index (χ4n) is 1.19. The minimum Gasteiger partial charge on any atom is -0.394 e. The van der Waals surface area contributed by atoms with Crippen molar-refractivity contribution in [2.75, 3.05) is 12.3 Å². The number of aliphatic hydroxyl groups excluding tert-OH is 1. The number of imidazole rings is 1. The van der Waals surface area contributed by atoms with Gasteiger partial charge in [0.05, 0.1) is 18.2 Å². The molecule has 1 atom stereocenters. The summed E-state index contributed by atoms with van der Waals surface area (Å²) in [5.41, 5.74) is 12.4. The lowest BCUT2D eigenvalue weighted by Gasteiger charge is -2.01. The molecule has 0 saturated carbocycles. The highest BCUT2D eigenvalue weighted by Crippen LogP contribution is 2.13. The molecule has 0 amide bonds. The van der Waals surface area contributed by atoms with Crippen molar-refractivity contribution in [3.63, 3.8) is 0 Å². The van der Waals surface area contributed by atoms with Crippen LogP contribution in [-0.2, 0) is 0 Å². The summed E-state index contributed by atoms with van der Waals surface area (Å²) >= 11 is 0. The lowest BCUT2D eigenvalue weighted by atomic mass is 10.3. The smallest absolute Gasteiger partial charge is 0.179 e. The SMILES string of the molecule is Nc1ccc2[nH]c(C(N)CO)nc2n1. The molecule has 14 heavy (non-hydrogen) atoms. The molecule has 0 spiro atoms. The standard InChI is InChI=1S/C8H11N5O/c9-4(3-14)7-11-5-1-2-6(10)12-8(5)13-7/h1-2,4,14H,3,9H2,(H3,10,11,12,13). The van der Waals surface area contributed by atoms with E-state index in [0.717, 1.165) is 5.52 Å². The second-order valence-electron chi connectivity index (χ2n) is 3.02. The van der Waals surface area contributed by atoms with E-state index >= 15 is 0 Å². The predicted molar refractivity (Wildman–Crippen MR) is 52.3 cm³/mol. The highest BCUT2D eigenvalue weighted by atomic mass is 16.3. The van der Waals surface area contributed by atoms with Crippen molar-refractivity contribution >= 4 is 17.0 Å². The molecule has 6 heteroatoms. The monoisotopic (exact) mass is 193 g/mol. The average Bonchev–Trinajstić information content (AvgIpc) is 2.59. The van der Waals surface area contributed by atoms with Gasteiger partial charge in [-0.15, -0.1) is 0 Å². The van der Waals surface area contributed by atoms with E-state index in [-0.39, 0.29) is 6.61 Å². The quantitative estimate of drug-likeness (QED) is 0.515. The number of rotatable bonds is 2. The van der Waals surface area contributed by atoms with Gasteiger partial charge in [0.1, 0.15) is 11.6 Å². The van der Waals surface area contributed by atoms with Gasteiger partial charge in [0.15, 0.2) is 5.65 Å². The van der Waals surface area contributed by atoms with Gasteiger partial charge in [0.25, 0.3) is 0 Å². The summed E-state index contributed by atoms with van der Waals surface area (Å²) in [7, 11) is 0. The van der Waals surface area contributed by atoms with E-state index in [0.29, 0.717) is 17.3 Å². The summed E-state index contributed by atoms with van der Waals surface area (Å²) in [6.07, 6.45) is 0. The second kappa shape index (κ2) is 3.24. The van der Waals surface area contributed by atoms with Crippen molar-refractivity contribution in [2.24, 2.45) is 5.73 Å². The molecule has 2 aromatic rings. The molecular formula is C8H11N5O. The van der Waals surface area contributed by atoms with Crippen molar-refractivity contribution < 1.29 is 5.11 Å². The number of H-pyrrole nitrogens is 1. The molecule has 0 aromatic carbocycles. The number of nitrogens with zero attached hydrogens (tertiary/aromatic N) is 2. The molecule has 0 fully saturated rings. The van der Waals surface area contributed by atoms with E-state index in [1.54, 1.807) is 12.1 Å². The molecule has 1 unspecified atom stereocenters. The minimum absolute atomic E-state index is 0.157. The first-order valence-corrected chi connectivity index (χ1v) is 4.19. The molecule has 0 aliphatic rings. The maximum absolute atomic E-state index is 8.84. The molecule has 0 aliphatic heterocycles. The van der Waals surface area contributed by atoms with Crippen LogP contribution in [0.5, 0.6) is 0 Å². The summed E-state index contributed by atoms with van der Waals surface area (Å²) in [6, 6.07) is 2.94. The third-order valence-electron chi connectivity index (χ3n) is 1.93. The maximum atomic E-state index is 8.84. The van der Waals surface area contributed by atoms with E-state index in [2.05, 4.69) is 15.0 Å². The van der Waals surface area contributed by atoms with Gasteiger partial charge in [0.2, 0.25) is 0 Å². The number of fused-ring (bicyclic) bond motifs is 1. The van der Waals surface area contributed by atoms with Gasteiger partial charge in [-0.3, -0.25) is 0 Å². The summed E-state index contributed by atoms with van der Waals surface area (Å²) in [5.74, 6) is 0.925. The lowest BCUT2D eigenvalue weighted by molar-refractivity contribution is 0.264. The van der Waals surface area contributed by atoms with Crippen molar-refractivity contribution in [2.45, 2.75) is 6.04 Å². The molecule has 0 radical (unpaired) electrons. The van der Waals surface area contributed by atoms with Crippen molar-refractivity contribution in [3.8, 4) is 0 Å². The molecule has 2 rings (SSSR count). The van der Waals surface area contributed by atoms with Crippen molar-refractivity contribution in [3.05, 3.63) is 18.0 Å². The first kappa shape index (κ1) is 8.92. The topological polar surface area (TPSA) is 114 Å². The summed E-state index contributed by atoms with van der Waals surface area (Å²) in [5, 5.41) is 8.84. The Bertz CT molecular complexity index is 452. The van der Waals surface area contributed by atoms with Gasteiger partial charge in [0, 0.05) is 0 Å². The Morgan fingerprint density at radius 3 is 2.93 bits per heavy atom. The molecular weight excluding hydrogens is 182 g/mol. The molecule has 6 nitrogen and oxygen atoms in total. The number of hydrogen-bond donors (Lipinski definition) is 4. The van der Waals surface area contributed by atoms with Crippen molar-refractivity contribution in [1.82, 2.24) is 15.0 Å². The lowest BCUT2D eigenvalue weighted by Crippen LogP contribution is -2.15. The summed E-state index contributed by atoms with van der Waals surface area (Å²) < 4.78 is 0. The largest absolute Gasteiger partial charge is 0.394 e. The number of nitrogens with two attached hydrogens (primary N) is 2. The van der Waals surface area contributed by atoms with Gasteiger partial charge in [-0.2, -0.15) is 0 Å². The molecule has 2 aromatic heterocycles. The van der Waals surface area contributed by atoms with Gasteiger partial charge in [-0.25, -0.2) is 9.97 Å². The fraction of sp³-hybridized carbons (Fsp3) is 0.250. The van der Waals surface area contributed by atoms with Gasteiger partial charge < -0.3 is 21.6 Å². The van der Waals surface area contributed by atoms with E-state index in [1.165, 1.54) is 0 Å². The molecule has 0 aliphatic carbocycles.